The van der Waals surface area contributed by atoms with Crippen LogP contribution < -0.4 is 15.1 Å². The number of hydrogen-bond acceptors (Lipinski definition) is 5. The summed E-state index contributed by atoms with van der Waals surface area (Å²) in [6, 6.07) is 18.6. The molecule has 0 unspecified atom stereocenters. The Hall–Kier alpha value is -2.57. The molecule has 0 radical (unpaired) electrons. The number of benzene rings is 2. The number of carbonyl (C=O) groups is 1. The lowest BCUT2D eigenvalue weighted by Gasteiger charge is -2.35. The molecule has 0 saturated carbocycles. The van der Waals surface area contributed by atoms with Crippen LogP contribution in [-0.4, -0.2) is 69.8 Å². The SMILES string of the molecule is O=C(CN1CCN(c2ccccc2)CC1)Nc1ccc(N2CCOCC2)cc1. The predicted molar refractivity (Wildman–Crippen MR) is 113 cm³/mol. The number of piperazine rings is 1. The van der Waals surface area contributed by atoms with Crippen molar-refractivity contribution in [3.8, 4) is 0 Å². The van der Waals surface area contributed by atoms with Gasteiger partial charge in [-0.2, -0.15) is 0 Å². The molecule has 1 amide bonds. The van der Waals surface area contributed by atoms with E-state index in [1.54, 1.807) is 0 Å². The van der Waals surface area contributed by atoms with Gasteiger partial charge in [-0.05, 0) is 36.4 Å². The van der Waals surface area contributed by atoms with Crippen LogP contribution in [0.15, 0.2) is 54.6 Å². The van der Waals surface area contributed by atoms with E-state index in [-0.39, 0.29) is 5.91 Å². The summed E-state index contributed by atoms with van der Waals surface area (Å²) in [7, 11) is 0. The highest BCUT2D eigenvalue weighted by Crippen LogP contribution is 2.19. The number of nitrogens with one attached hydrogen (secondary N) is 1. The summed E-state index contributed by atoms with van der Waals surface area (Å²) in [6.45, 7) is 7.52. The Morgan fingerprint density at radius 2 is 1.39 bits per heavy atom. The lowest BCUT2D eigenvalue weighted by molar-refractivity contribution is -0.117. The molecule has 28 heavy (non-hydrogen) atoms. The molecule has 0 spiro atoms. The molecule has 2 saturated heterocycles. The second kappa shape index (κ2) is 9.08. The summed E-state index contributed by atoms with van der Waals surface area (Å²) in [6.07, 6.45) is 0. The van der Waals surface area contributed by atoms with Crippen LogP contribution in [0.5, 0.6) is 0 Å². The summed E-state index contributed by atoms with van der Waals surface area (Å²) < 4.78 is 5.40. The van der Waals surface area contributed by atoms with Gasteiger partial charge in [-0.1, -0.05) is 18.2 Å². The number of rotatable bonds is 5. The van der Waals surface area contributed by atoms with Crippen LogP contribution in [0.4, 0.5) is 17.1 Å². The molecule has 2 fully saturated rings. The zero-order valence-corrected chi connectivity index (χ0v) is 16.2. The average Bonchev–Trinajstić information content (AvgIpc) is 2.76. The topological polar surface area (TPSA) is 48.1 Å². The Balaban J connectivity index is 1.23. The fourth-order valence-corrected chi connectivity index (χ4v) is 3.78. The van der Waals surface area contributed by atoms with Gasteiger partial charge >= 0.3 is 0 Å². The van der Waals surface area contributed by atoms with Gasteiger partial charge in [0.2, 0.25) is 5.91 Å². The summed E-state index contributed by atoms with van der Waals surface area (Å²) in [4.78, 5) is 19.3. The Labute approximate surface area is 166 Å². The second-order valence-electron chi connectivity index (χ2n) is 7.29. The van der Waals surface area contributed by atoms with E-state index in [1.807, 2.05) is 18.2 Å². The molecule has 1 N–H and O–H groups in total. The smallest absolute Gasteiger partial charge is 0.238 e. The van der Waals surface area contributed by atoms with Crippen molar-refractivity contribution in [1.82, 2.24) is 4.90 Å². The number of amides is 1. The largest absolute Gasteiger partial charge is 0.378 e. The maximum absolute atomic E-state index is 12.4. The highest BCUT2D eigenvalue weighted by atomic mass is 16.5. The lowest BCUT2D eigenvalue weighted by atomic mass is 10.2. The first kappa shape index (κ1) is 18.8. The summed E-state index contributed by atoms with van der Waals surface area (Å²) in [5.41, 5.74) is 3.29. The molecule has 148 valence electrons. The van der Waals surface area contributed by atoms with Crippen LogP contribution in [0.1, 0.15) is 0 Å². The average molecular weight is 380 g/mol. The zero-order valence-electron chi connectivity index (χ0n) is 16.2. The molecule has 2 heterocycles. The van der Waals surface area contributed by atoms with Crippen molar-refractivity contribution in [2.45, 2.75) is 0 Å². The first-order valence-corrected chi connectivity index (χ1v) is 10.0. The quantitative estimate of drug-likeness (QED) is 0.862. The molecule has 6 nitrogen and oxygen atoms in total. The van der Waals surface area contributed by atoms with Crippen molar-refractivity contribution in [2.75, 3.05) is 74.1 Å². The summed E-state index contributed by atoms with van der Waals surface area (Å²) in [5, 5.41) is 3.02. The van der Waals surface area contributed by atoms with Gasteiger partial charge < -0.3 is 19.9 Å². The van der Waals surface area contributed by atoms with E-state index >= 15 is 0 Å². The van der Waals surface area contributed by atoms with Gasteiger partial charge in [-0.25, -0.2) is 0 Å². The number of morpholine rings is 1. The number of carbonyl (C=O) groups excluding carboxylic acids is 1. The minimum atomic E-state index is 0.0484. The number of anilines is 3. The molecular formula is C22H28N4O2. The minimum Gasteiger partial charge on any atom is -0.378 e. The van der Waals surface area contributed by atoms with E-state index in [1.165, 1.54) is 11.4 Å². The van der Waals surface area contributed by atoms with Gasteiger partial charge in [-0.3, -0.25) is 9.69 Å². The first-order valence-electron chi connectivity index (χ1n) is 10.0. The molecule has 2 aromatic carbocycles. The summed E-state index contributed by atoms with van der Waals surface area (Å²) >= 11 is 0. The molecule has 0 aromatic heterocycles. The van der Waals surface area contributed by atoms with Gasteiger partial charge in [0.05, 0.1) is 19.8 Å². The molecule has 2 aliphatic heterocycles. The number of nitrogens with zero attached hydrogens (tertiary/aromatic N) is 3. The third-order valence-electron chi connectivity index (χ3n) is 5.39. The molecule has 0 bridgehead atoms. The molecule has 0 atom stereocenters. The van der Waals surface area contributed by atoms with Gasteiger partial charge in [0.25, 0.3) is 0 Å². The van der Waals surface area contributed by atoms with Crippen molar-refractivity contribution in [3.63, 3.8) is 0 Å². The zero-order chi connectivity index (χ0) is 19.2. The van der Waals surface area contributed by atoms with Crippen molar-refractivity contribution >= 4 is 23.0 Å². The van der Waals surface area contributed by atoms with Crippen molar-refractivity contribution in [3.05, 3.63) is 54.6 Å². The maximum Gasteiger partial charge on any atom is 0.238 e. The minimum absolute atomic E-state index is 0.0484. The standard InChI is InChI=1S/C22H28N4O2/c27-22(18-24-10-12-25(13-11-24)20-4-2-1-3-5-20)23-19-6-8-21(9-7-19)26-14-16-28-17-15-26/h1-9H,10-18H2,(H,23,27). The summed E-state index contributed by atoms with van der Waals surface area (Å²) in [5.74, 6) is 0.0484. The van der Waals surface area contributed by atoms with Gasteiger partial charge in [0.1, 0.15) is 0 Å². The molecule has 0 aliphatic carbocycles. The van der Waals surface area contributed by atoms with Crippen LogP contribution >= 0.6 is 0 Å². The van der Waals surface area contributed by atoms with Crippen molar-refractivity contribution in [2.24, 2.45) is 0 Å². The normalized spacial score (nSPS) is 18.1. The van der Waals surface area contributed by atoms with Crippen LogP contribution in [0.2, 0.25) is 0 Å². The molecule has 4 rings (SSSR count). The molecule has 6 heteroatoms. The molecular weight excluding hydrogens is 352 g/mol. The molecule has 2 aromatic rings. The van der Waals surface area contributed by atoms with Gasteiger partial charge in [-0.15, -0.1) is 0 Å². The third kappa shape index (κ3) is 4.82. The Morgan fingerprint density at radius 1 is 0.786 bits per heavy atom. The fourth-order valence-electron chi connectivity index (χ4n) is 3.78. The first-order chi connectivity index (χ1) is 13.8. The predicted octanol–water partition coefficient (Wildman–Crippen LogP) is 2.28. The van der Waals surface area contributed by atoms with Crippen LogP contribution in [-0.2, 0) is 9.53 Å². The van der Waals surface area contributed by atoms with E-state index < -0.39 is 0 Å². The second-order valence-corrected chi connectivity index (χ2v) is 7.29. The van der Waals surface area contributed by atoms with Crippen LogP contribution in [0, 0.1) is 0 Å². The highest BCUT2D eigenvalue weighted by Gasteiger charge is 2.19. The fraction of sp³-hybridized carbons (Fsp3) is 0.409. The van der Waals surface area contributed by atoms with Gasteiger partial charge in [0.15, 0.2) is 0 Å². The van der Waals surface area contributed by atoms with Crippen LogP contribution in [0.3, 0.4) is 0 Å². The van der Waals surface area contributed by atoms with E-state index in [0.717, 1.165) is 58.2 Å². The Kier molecular flexibility index (Phi) is 6.09. The number of hydrogen-bond donors (Lipinski definition) is 1. The monoisotopic (exact) mass is 380 g/mol. The van der Waals surface area contributed by atoms with Gasteiger partial charge in [0, 0.05) is 56.3 Å². The Morgan fingerprint density at radius 3 is 2.07 bits per heavy atom. The van der Waals surface area contributed by atoms with E-state index in [4.69, 9.17) is 4.74 Å². The third-order valence-corrected chi connectivity index (χ3v) is 5.39. The van der Waals surface area contributed by atoms with E-state index in [2.05, 4.69) is 56.4 Å². The maximum atomic E-state index is 12.4. The number of para-hydroxylation sites is 1. The number of ether oxygens (including phenoxy) is 1. The van der Waals surface area contributed by atoms with Crippen molar-refractivity contribution in [1.29, 1.82) is 0 Å². The highest BCUT2D eigenvalue weighted by molar-refractivity contribution is 5.92. The molecule has 2 aliphatic rings. The van der Waals surface area contributed by atoms with Crippen LogP contribution in [0.25, 0.3) is 0 Å². The van der Waals surface area contributed by atoms with Crippen molar-refractivity contribution < 1.29 is 9.53 Å². The Bertz CT molecular complexity index is 752. The van der Waals surface area contributed by atoms with E-state index in [0.29, 0.717) is 6.54 Å². The lowest BCUT2D eigenvalue weighted by Crippen LogP contribution is -2.48. The van der Waals surface area contributed by atoms with E-state index in [9.17, 15) is 4.79 Å².